The van der Waals surface area contributed by atoms with Crippen LogP contribution in [0.25, 0.3) is 0 Å². The van der Waals surface area contributed by atoms with E-state index in [1.165, 1.54) is 31.5 Å². The van der Waals surface area contributed by atoms with Gasteiger partial charge in [0, 0.05) is 12.5 Å². The highest BCUT2D eigenvalue weighted by Gasteiger charge is 2.19. The molecule has 8 heteroatoms. The molecular weight excluding hydrogens is 282 g/mol. The summed E-state index contributed by atoms with van der Waals surface area (Å²) in [6.45, 7) is 1.86. The number of aromatic hydroxyl groups is 1. The standard InChI is InChI=1S/C12H15N3O4S/c1-3-11-13-7-12(14-11)20(17,18)15-9-6-8(19-2)4-5-10(9)16/h4-7,15-16H,3H2,1-2H3,(H,13,14). The number of ether oxygens (including phenoxy) is 1. The molecule has 0 aliphatic heterocycles. The second kappa shape index (κ2) is 5.41. The van der Waals surface area contributed by atoms with Crippen molar-refractivity contribution >= 4 is 15.7 Å². The number of sulfonamides is 1. The van der Waals surface area contributed by atoms with Gasteiger partial charge >= 0.3 is 0 Å². The van der Waals surface area contributed by atoms with Crippen molar-refractivity contribution < 1.29 is 18.3 Å². The molecule has 0 unspecified atom stereocenters. The van der Waals surface area contributed by atoms with E-state index in [0.29, 0.717) is 18.0 Å². The fraction of sp³-hybridized carbons (Fsp3) is 0.250. The summed E-state index contributed by atoms with van der Waals surface area (Å²) in [6, 6.07) is 4.27. The first-order chi connectivity index (χ1) is 9.46. The van der Waals surface area contributed by atoms with Crippen LogP contribution in [-0.4, -0.2) is 30.6 Å². The molecule has 0 fully saturated rings. The minimum absolute atomic E-state index is 0.0389. The van der Waals surface area contributed by atoms with Gasteiger partial charge in [-0.15, -0.1) is 0 Å². The molecule has 0 aliphatic rings. The molecule has 20 heavy (non-hydrogen) atoms. The number of hydrogen-bond acceptors (Lipinski definition) is 5. The van der Waals surface area contributed by atoms with Gasteiger partial charge in [0.1, 0.15) is 17.3 Å². The molecule has 1 aromatic heterocycles. The molecule has 0 aliphatic carbocycles. The fourth-order valence-electron chi connectivity index (χ4n) is 1.58. The quantitative estimate of drug-likeness (QED) is 0.725. The summed E-state index contributed by atoms with van der Waals surface area (Å²) in [5, 5.41) is 9.63. The van der Waals surface area contributed by atoms with E-state index >= 15 is 0 Å². The summed E-state index contributed by atoms with van der Waals surface area (Å²) in [6.07, 6.45) is 1.83. The van der Waals surface area contributed by atoms with Crippen LogP contribution in [0.15, 0.2) is 29.4 Å². The third-order valence-corrected chi connectivity index (χ3v) is 3.95. The zero-order valence-corrected chi connectivity index (χ0v) is 11.9. The third kappa shape index (κ3) is 2.85. The zero-order valence-electron chi connectivity index (χ0n) is 11.0. The number of aryl methyl sites for hydroxylation is 1. The molecule has 0 saturated heterocycles. The Balaban J connectivity index is 2.32. The number of rotatable bonds is 5. The lowest BCUT2D eigenvalue weighted by molar-refractivity contribution is 0.413. The predicted octanol–water partition coefficient (Wildman–Crippen LogP) is 1.49. The Kier molecular flexibility index (Phi) is 3.84. The molecule has 108 valence electrons. The van der Waals surface area contributed by atoms with E-state index in [0.717, 1.165) is 0 Å². The largest absolute Gasteiger partial charge is 0.506 e. The summed E-state index contributed by atoms with van der Waals surface area (Å²) in [5.74, 6) is 0.809. The second-order valence-corrected chi connectivity index (χ2v) is 5.69. The van der Waals surface area contributed by atoms with Crippen molar-refractivity contribution in [1.82, 2.24) is 9.97 Å². The van der Waals surface area contributed by atoms with E-state index in [-0.39, 0.29) is 16.5 Å². The van der Waals surface area contributed by atoms with Crippen molar-refractivity contribution in [3.8, 4) is 11.5 Å². The number of nitrogens with zero attached hydrogens (tertiary/aromatic N) is 1. The number of nitrogens with one attached hydrogen (secondary N) is 2. The SMILES string of the molecule is CCc1ncc(S(=O)(=O)Nc2cc(OC)ccc2O)[nH]1. The lowest BCUT2D eigenvalue weighted by Crippen LogP contribution is -2.13. The molecule has 1 heterocycles. The summed E-state index contributed by atoms with van der Waals surface area (Å²) in [5.41, 5.74) is 0.0389. The average molecular weight is 297 g/mol. The molecule has 2 aromatic rings. The number of anilines is 1. The number of phenols is 1. The molecular formula is C12H15N3O4S. The molecule has 0 saturated carbocycles. The van der Waals surface area contributed by atoms with E-state index in [4.69, 9.17) is 4.74 Å². The smallest absolute Gasteiger partial charge is 0.279 e. The van der Waals surface area contributed by atoms with E-state index in [1.54, 1.807) is 0 Å². The first-order valence-corrected chi connectivity index (χ1v) is 7.38. The van der Waals surface area contributed by atoms with E-state index < -0.39 is 10.0 Å². The van der Waals surface area contributed by atoms with Gasteiger partial charge in [-0.25, -0.2) is 4.98 Å². The van der Waals surface area contributed by atoms with Crippen molar-refractivity contribution in [1.29, 1.82) is 0 Å². The normalized spacial score (nSPS) is 11.3. The number of benzene rings is 1. The minimum Gasteiger partial charge on any atom is -0.506 e. The Morgan fingerprint density at radius 3 is 2.80 bits per heavy atom. The Morgan fingerprint density at radius 2 is 2.20 bits per heavy atom. The van der Waals surface area contributed by atoms with Crippen LogP contribution < -0.4 is 9.46 Å². The summed E-state index contributed by atoms with van der Waals surface area (Å²) in [4.78, 5) is 6.63. The average Bonchev–Trinajstić information content (AvgIpc) is 2.91. The first kappa shape index (κ1) is 14.2. The predicted molar refractivity (Wildman–Crippen MR) is 73.4 cm³/mol. The maximum Gasteiger partial charge on any atom is 0.279 e. The van der Waals surface area contributed by atoms with Crippen molar-refractivity contribution in [2.45, 2.75) is 18.4 Å². The van der Waals surface area contributed by atoms with Gasteiger partial charge in [0.25, 0.3) is 10.0 Å². The number of aromatic nitrogens is 2. The number of methoxy groups -OCH3 is 1. The van der Waals surface area contributed by atoms with Gasteiger partial charge in [-0.1, -0.05) is 6.92 Å². The van der Waals surface area contributed by atoms with Crippen LogP contribution in [0.4, 0.5) is 5.69 Å². The Bertz CT molecular complexity index is 709. The highest BCUT2D eigenvalue weighted by molar-refractivity contribution is 7.92. The summed E-state index contributed by atoms with van der Waals surface area (Å²) < 4.78 is 31.6. The lowest BCUT2D eigenvalue weighted by atomic mass is 10.3. The number of aromatic amines is 1. The van der Waals surface area contributed by atoms with Crippen LogP contribution >= 0.6 is 0 Å². The summed E-state index contributed by atoms with van der Waals surface area (Å²) in [7, 11) is -2.38. The maximum absolute atomic E-state index is 12.1. The van der Waals surface area contributed by atoms with Crippen molar-refractivity contribution in [3.63, 3.8) is 0 Å². The highest BCUT2D eigenvalue weighted by Crippen LogP contribution is 2.29. The van der Waals surface area contributed by atoms with E-state index in [2.05, 4.69) is 14.7 Å². The lowest BCUT2D eigenvalue weighted by Gasteiger charge is -2.09. The van der Waals surface area contributed by atoms with Crippen molar-refractivity contribution in [2.75, 3.05) is 11.8 Å². The van der Waals surface area contributed by atoms with Gasteiger partial charge in [-0.3, -0.25) is 4.72 Å². The topological polar surface area (TPSA) is 104 Å². The highest BCUT2D eigenvalue weighted by atomic mass is 32.2. The molecule has 7 nitrogen and oxygen atoms in total. The maximum atomic E-state index is 12.1. The van der Waals surface area contributed by atoms with Crippen LogP contribution in [0.2, 0.25) is 0 Å². The van der Waals surface area contributed by atoms with Gasteiger partial charge in [-0.2, -0.15) is 8.42 Å². The first-order valence-electron chi connectivity index (χ1n) is 5.90. The molecule has 3 N–H and O–H groups in total. The van der Waals surface area contributed by atoms with E-state index in [9.17, 15) is 13.5 Å². The fourth-order valence-corrected chi connectivity index (χ4v) is 2.59. The Labute approximate surface area is 116 Å². The number of phenolic OH excluding ortho intramolecular Hbond substituents is 1. The van der Waals surface area contributed by atoms with Crippen molar-refractivity contribution in [3.05, 3.63) is 30.2 Å². The summed E-state index contributed by atoms with van der Waals surface area (Å²) >= 11 is 0. The Morgan fingerprint density at radius 1 is 1.45 bits per heavy atom. The number of hydrogen-bond donors (Lipinski definition) is 3. The van der Waals surface area contributed by atoms with Gasteiger partial charge in [-0.05, 0) is 12.1 Å². The van der Waals surface area contributed by atoms with E-state index in [1.807, 2.05) is 6.92 Å². The number of imidazole rings is 1. The minimum atomic E-state index is -3.83. The van der Waals surface area contributed by atoms with Crippen LogP contribution in [0.1, 0.15) is 12.7 Å². The van der Waals surface area contributed by atoms with Gasteiger partial charge in [0.15, 0.2) is 5.03 Å². The van der Waals surface area contributed by atoms with Crippen molar-refractivity contribution in [2.24, 2.45) is 0 Å². The monoisotopic (exact) mass is 297 g/mol. The number of H-pyrrole nitrogens is 1. The molecule has 1 aromatic carbocycles. The molecule has 0 bridgehead atoms. The third-order valence-electron chi connectivity index (χ3n) is 2.68. The van der Waals surface area contributed by atoms with Gasteiger partial charge in [0.05, 0.1) is 19.0 Å². The second-order valence-electron chi connectivity index (χ2n) is 4.04. The molecule has 0 amide bonds. The Hall–Kier alpha value is -2.22. The van der Waals surface area contributed by atoms with Crippen LogP contribution in [0.3, 0.4) is 0 Å². The van der Waals surface area contributed by atoms with Gasteiger partial charge in [0.2, 0.25) is 0 Å². The molecule has 0 spiro atoms. The van der Waals surface area contributed by atoms with Crippen LogP contribution in [0, 0.1) is 0 Å². The van der Waals surface area contributed by atoms with Crippen LogP contribution in [0.5, 0.6) is 11.5 Å². The van der Waals surface area contributed by atoms with Crippen LogP contribution in [-0.2, 0) is 16.4 Å². The molecule has 0 radical (unpaired) electrons. The molecule has 2 rings (SSSR count). The zero-order chi connectivity index (χ0) is 14.8. The van der Waals surface area contributed by atoms with Gasteiger partial charge < -0.3 is 14.8 Å². The molecule has 0 atom stereocenters.